The fraction of sp³-hybridized carbons (Fsp3) is 0.294. The summed E-state index contributed by atoms with van der Waals surface area (Å²) in [5.41, 5.74) is 4.32. The summed E-state index contributed by atoms with van der Waals surface area (Å²) >= 11 is 3.46. The number of carbonyl (C=O) groups is 2. The van der Waals surface area contributed by atoms with Gasteiger partial charge in [-0.1, -0.05) is 70.9 Å². The van der Waals surface area contributed by atoms with E-state index in [9.17, 15) is 35.0 Å². The molecule has 0 unspecified atom stereocenters. The molecule has 5 rings (SSSR count). The number of phenols is 1. The summed E-state index contributed by atoms with van der Waals surface area (Å²) in [6.45, 7) is 1.53. The number of anilines is 1. The molecule has 0 radical (unpaired) electrons. The molecule has 5 N–H and O–H groups in total. The molecule has 8 nitrogen and oxygen atoms in total. The van der Waals surface area contributed by atoms with Gasteiger partial charge in [-0.2, -0.15) is 0 Å². The third-order valence-electron chi connectivity index (χ3n) is 8.74. The lowest BCUT2D eigenvalue weighted by Crippen LogP contribution is -2.39. The van der Waals surface area contributed by atoms with Crippen LogP contribution in [0.5, 0.6) is 5.75 Å². The van der Waals surface area contributed by atoms with Crippen LogP contribution in [0.25, 0.3) is 11.6 Å². The number of benzene rings is 3. The summed E-state index contributed by atoms with van der Waals surface area (Å²) in [6.07, 6.45) is 2.50. The van der Waals surface area contributed by atoms with Gasteiger partial charge in [-0.15, -0.1) is 0 Å². The van der Waals surface area contributed by atoms with Gasteiger partial charge in [-0.25, -0.2) is 0 Å². The van der Waals surface area contributed by atoms with Gasteiger partial charge in [0.25, 0.3) is 0 Å². The molecule has 0 bridgehead atoms. The van der Waals surface area contributed by atoms with E-state index < -0.39 is 49.4 Å². The van der Waals surface area contributed by atoms with Gasteiger partial charge >= 0.3 is 7.12 Å². The number of fused-ring (bicyclic) bond motifs is 1. The monoisotopic (exact) mass is 659 g/mol. The summed E-state index contributed by atoms with van der Waals surface area (Å²) in [5.74, 6) is -3.02. The number of aliphatic hydroxyl groups is 2. The maximum atomic E-state index is 13.8. The Morgan fingerprint density at radius 1 is 1.05 bits per heavy atom. The SMILES string of the molecule is CCC1=C([C@H](O)CC/C(=C/c2cc(Br)ccc2O)c2ccccc2)[C@H](CO)[C@@H]2C(=O)N(c3cccc(B(O)O)c3)C(=O)[C@@H]2C1. The Balaban J connectivity index is 1.44. The minimum atomic E-state index is -1.76. The van der Waals surface area contributed by atoms with Gasteiger partial charge in [-0.3, -0.25) is 14.5 Å². The van der Waals surface area contributed by atoms with E-state index in [0.717, 1.165) is 26.1 Å². The number of aromatic hydroxyl groups is 1. The first-order valence-corrected chi connectivity index (χ1v) is 15.5. The van der Waals surface area contributed by atoms with Crippen molar-refractivity contribution < 1.29 is 35.0 Å². The highest BCUT2D eigenvalue weighted by molar-refractivity contribution is 9.10. The molecule has 228 valence electrons. The van der Waals surface area contributed by atoms with Crippen LogP contribution in [0.2, 0.25) is 0 Å². The summed E-state index contributed by atoms with van der Waals surface area (Å²) in [4.78, 5) is 28.5. The standard InChI is InChI=1S/C34H35BBrNO7/c1-2-20-17-27-32(34(42)37(33(27)41)26-10-6-9-24(18-26)35(43)44)28(19-38)31(20)30(40)13-11-22(21-7-4-3-5-8-21)15-23-16-25(36)12-14-29(23)39/h3-10,12,14-16,18,27-28,30,32,38-40,43-44H,2,11,13,17,19H2,1H3/b22-15-/t27-,28+,30-,32-/m1/s1. The Labute approximate surface area is 265 Å². The summed E-state index contributed by atoms with van der Waals surface area (Å²) < 4.78 is 0.818. The molecule has 2 aliphatic rings. The lowest BCUT2D eigenvalue weighted by Gasteiger charge is -2.36. The van der Waals surface area contributed by atoms with Crippen LogP contribution in [-0.2, 0) is 9.59 Å². The Morgan fingerprint density at radius 2 is 1.80 bits per heavy atom. The van der Waals surface area contributed by atoms with Crippen LogP contribution in [0.1, 0.15) is 43.7 Å². The number of rotatable bonds is 10. The molecule has 44 heavy (non-hydrogen) atoms. The van der Waals surface area contributed by atoms with Gasteiger partial charge < -0.3 is 25.4 Å². The molecule has 1 aliphatic heterocycles. The summed E-state index contributed by atoms with van der Waals surface area (Å²) in [6, 6.07) is 20.9. The van der Waals surface area contributed by atoms with Gasteiger partial charge in [0.2, 0.25) is 11.8 Å². The van der Waals surface area contributed by atoms with Crippen LogP contribution in [0, 0.1) is 17.8 Å². The lowest BCUT2D eigenvalue weighted by molar-refractivity contribution is -0.123. The lowest BCUT2D eigenvalue weighted by atomic mass is 9.67. The highest BCUT2D eigenvalue weighted by Crippen LogP contribution is 2.48. The van der Waals surface area contributed by atoms with Crippen LogP contribution in [0.3, 0.4) is 0 Å². The fourth-order valence-corrected chi connectivity index (χ4v) is 6.98. The topological polar surface area (TPSA) is 139 Å². The number of allylic oxidation sites excluding steroid dienone is 2. The molecule has 1 heterocycles. The van der Waals surface area contributed by atoms with Gasteiger partial charge in [0.05, 0.1) is 30.2 Å². The van der Waals surface area contributed by atoms with Crippen molar-refractivity contribution in [3.63, 3.8) is 0 Å². The number of amides is 2. The number of nitrogens with zero attached hydrogens (tertiary/aromatic N) is 1. The van der Waals surface area contributed by atoms with E-state index in [1.165, 1.54) is 12.1 Å². The largest absolute Gasteiger partial charge is 0.507 e. The van der Waals surface area contributed by atoms with E-state index >= 15 is 0 Å². The molecule has 1 aliphatic carbocycles. The quantitative estimate of drug-likeness (QED) is 0.0959. The minimum absolute atomic E-state index is 0.129. The Kier molecular flexibility index (Phi) is 9.87. The van der Waals surface area contributed by atoms with E-state index in [4.69, 9.17) is 0 Å². The summed E-state index contributed by atoms with van der Waals surface area (Å²) in [5, 5.41) is 52.0. The normalized spacial score (nSPS) is 21.1. The Hall–Kier alpha value is -3.54. The average Bonchev–Trinajstić information content (AvgIpc) is 3.28. The zero-order valence-electron chi connectivity index (χ0n) is 24.3. The molecule has 3 aromatic rings. The highest BCUT2D eigenvalue weighted by Gasteiger charge is 2.55. The van der Waals surface area contributed by atoms with Crippen molar-refractivity contribution in [1.82, 2.24) is 0 Å². The molecule has 0 spiro atoms. The number of hydrogen-bond donors (Lipinski definition) is 5. The third kappa shape index (κ3) is 6.31. The first-order valence-electron chi connectivity index (χ1n) is 14.7. The van der Waals surface area contributed by atoms with Crippen molar-refractivity contribution in [3.8, 4) is 5.75 Å². The smallest absolute Gasteiger partial charge is 0.488 e. The molecule has 1 fully saturated rings. The zero-order valence-corrected chi connectivity index (χ0v) is 25.9. The van der Waals surface area contributed by atoms with Crippen molar-refractivity contribution in [2.45, 2.75) is 38.7 Å². The first kappa shape index (κ1) is 31.9. The van der Waals surface area contributed by atoms with Crippen molar-refractivity contribution in [3.05, 3.63) is 99.5 Å². The van der Waals surface area contributed by atoms with E-state index in [0.29, 0.717) is 36.8 Å². The van der Waals surface area contributed by atoms with Crippen molar-refractivity contribution in [2.24, 2.45) is 17.8 Å². The van der Waals surface area contributed by atoms with Crippen LogP contribution < -0.4 is 10.4 Å². The molecule has 2 amide bonds. The molecule has 0 saturated carbocycles. The number of hydrogen-bond acceptors (Lipinski definition) is 7. The fourth-order valence-electron chi connectivity index (χ4n) is 6.61. The predicted molar refractivity (Wildman–Crippen MR) is 174 cm³/mol. The number of aliphatic hydroxyl groups excluding tert-OH is 2. The average molecular weight is 660 g/mol. The number of imide groups is 1. The molecule has 4 atom stereocenters. The van der Waals surface area contributed by atoms with Gasteiger partial charge in [0.15, 0.2) is 0 Å². The van der Waals surface area contributed by atoms with Crippen LogP contribution in [0.4, 0.5) is 5.69 Å². The van der Waals surface area contributed by atoms with Crippen molar-refractivity contribution in [2.75, 3.05) is 11.5 Å². The number of halogens is 1. The van der Waals surface area contributed by atoms with Gasteiger partial charge in [0.1, 0.15) is 5.75 Å². The first-order chi connectivity index (χ1) is 21.1. The number of carbonyl (C=O) groups excluding carboxylic acids is 2. The Bertz CT molecular complexity index is 1610. The van der Waals surface area contributed by atoms with E-state index in [1.807, 2.05) is 49.4 Å². The molecule has 1 saturated heterocycles. The Morgan fingerprint density at radius 3 is 2.48 bits per heavy atom. The van der Waals surface area contributed by atoms with E-state index in [1.54, 1.807) is 24.3 Å². The second-order valence-electron chi connectivity index (χ2n) is 11.3. The molecular formula is C34H35BBrNO7. The molecule has 3 aromatic carbocycles. The summed E-state index contributed by atoms with van der Waals surface area (Å²) in [7, 11) is -1.76. The molecule has 10 heteroatoms. The molecular weight excluding hydrogens is 625 g/mol. The maximum absolute atomic E-state index is 13.8. The predicted octanol–water partition coefficient (Wildman–Crippen LogP) is 4.04. The van der Waals surface area contributed by atoms with Gasteiger partial charge in [-0.05, 0) is 84.3 Å². The van der Waals surface area contributed by atoms with Crippen molar-refractivity contribution >= 4 is 57.7 Å². The molecule has 0 aromatic heterocycles. The minimum Gasteiger partial charge on any atom is -0.507 e. The third-order valence-corrected chi connectivity index (χ3v) is 9.24. The number of phenolic OH excluding ortho intramolecular Hbond substituents is 1. The van der Waals surface area contributed by atoms with Crippen LogP contribution in [-0.4, -0.2) is 57.0 Å². The second kappa shape index (κ2) is 13.6. The van der Waals surface area contributed by atoms with Crippen molar-refractivity contribution in [1.29, 1.82) is 0 Å². The maximum Gasteiger partial charge on any atom is 0.488 e. The van der Waals surface area contributed by atoms with Gasteiger partial charge in [0, 0.05) is 16.0 Å². The van der Waals surface area contributed by atoms with E-state index in [2.05, 4.69) is 15.9 Å². The highest BCUT2D eigenvalue weighted by atomic mass is 79.9. The van der Waals surface area contributed by atoms with Crippen LogP contribution >= 0.6 is 15.9 Å². The second-order valence-corrected chi connectivity index (χ2v) is 12.2. The van der Waals surface area contributed by atoms with E-state index in [-0.39, 0.29) is 16.9 Å². The zero-order chi connectivity index (χ0) is 31.5. The van der Waals surface area contributed by atoms with Crippen LogP contribution in [0.15, 0.2) is 88.4 Å².